The average molecular weight is 276 g/mol. The number of carbonyl (C=O) groups is 1. The summed E-state index contributed by atoms with van der Waals surface area (Å²) in [6.07, 6.45) is 2.44. The van der Waals surface area contributed by atoms with Gasteiger partial charge < -0.3 is 0 Å². The zero-order valence-electron chi connectivity index (χ0n) is 9.00. The number of halogens is 1. The van der Waals surface area contributed by atoms with Gasteiger partial charge in [0.15, 0.2) is 0 Å². The Morgan fingerprint density at radius 3 is 2.47 bits per heavy atom. The van der Waals surface area contributed by atoms with Crippen molar-refractivity contribution in [1.82, 2.24) is 14.3 Å². The molecule has 1 aromatic heterocycles. The quantitative estimate of drug-likeness (QED) is 0.742. The van der Waals surface area contributed by atoms with Crippen molar-refractivity contribution in [2.75, 3.05) is 6.54 Å². The summed E-state index contributed by atoms with van der Waals surface area (Å²) in [5.74, 6) is -0.363. The van der Waals surface area contributed by atoms with Crippen molar-refractivity contribution < 1.29 is 13.2 Å². The van der Waals surface area contributed by atoms with Gasteiger partial charge in [0.1, 0.15) is 4.90 Å². The fraction of sp³-hybridized carbons (Fsp3) is 0.444. The van der Waals surface area contributed by atoms with Crippen molar-refractivity contribution >= 4 is 27.5 Å². The van der Waals surface area contributed by atoms with Crippen LogP contribution in [0.1, 0.15) is 13.3 Å². The summed E-state index contributed by atoms with van der Waals surface area (Å²) < 4.78 is 25.0. The van der Waals surface area contributed by atoms with Crippen LogP contribution >= 0.6 is 11.6 Å². The summed E-state index contributed by atoms with van der Waals surface area (Å²) in [5, 5.41) is -0.0370. The molecule has 2 rings (SSSR count). The molecule has 1 unspecified atom stereocenters. The molecule has 1 amide bonds. The topological polar surface area (TPSA) is 80.2 Å². The Bertz CT molecular complexity index is 543. The third-order valence-corrected chi connectivity index (χ3v) is 4.40. The van der Waals surface area contributed by atoms with Gasteiger partial charge in [-0.05, 0) is 17.5 Å². The summed E-state index contributed by atoms with van der Waals surface area (Å²) in [6.45, 7) is 2.02. The van der Waals surface area contributed by atoms with Gasteiger partial charge in [-0.15, -0.1) is 0 Å². The Balaban J connectivity index is 2.37. The Morgan fingerprint density at radius 2 is 2.00 bits per heavy atom. The fourth-order valence-electron chi connectivity index (χ4n) is 1.64. The van der Waals surface area contributed by atoms with Crippen molar-refractivity contribution in [2.45, 2.75) is 18.2 Å². The molecule has 0 radical (unpaired) electrons. The van der Waals surface area contributed by atoms with Crippen LogP contribution in [0.25, 0.3) is 0 Å². The van der Waals surface area contributed by atoms with Crippen LogP contribution in [-0.4, -0.2) is 35.1 Å². The van der Waals surface area contributed by atoms with E-state index >= 15 is 0 Å². The van der Waals surface area contributed by atoms with Crippen LogP contribution in [0, 0.1) is 5.92 Å². The van der Waals surface area contributed by atoms with Gasteiger partial charge in [0.05, 0.1) is 12.4 Å². The van der Waals surface area contributed by atoms with Gasteiger partial charge in [-0.3, -0.25) is 4.79 Å². The van der Waals surface area contributed by atoms with Gasteiger partial charge in [0.25, 0.3) is 10.0 Å². The average Bonchev–Trinajstić information content (AvgIpc) is 2.59. The lowest BCUT2D eigenvalue weighted by atomic mass is 10.2. The highest BCUT2D eigenvalue weighted by Gasteiger charge is 2.36. The lowest BCUT2D eigenvalue weighted by molar-refractivity contribution is -0.123. The monoisotopic (exact) mass is 275 g/mol. The second kappa shape index (κ2) is 4.23. The third-order valence-electron chi connectivity index (χ3n) is 2.46. The third kappa shape index (κ3) is 2.25. The summed E-state index contributed by atoms with van der Waals surface area (Å²) >= 11 is 5.48. The Labute approximate surface area is 104 Å². The first-order valence-corrected chi connectivity index (χ1v) is 6.76. The van der Waals surface area contributed by atoms with Crippen LogP contribution in [0.3, 0.4) is 0 Å². The number of amides is 1. The van der Waals surface area contributed by atoms with Crippen molar-refractivity contribution in [3.05, 3.63) is 17.7 Å². The molecule has 17 heavy (non-hydrogen) atoms. The van der Waals surface area contributed by atoms with Gasteiger partial charge in [0, 0.05) is 13.0 Å². The molecule has 1 saturated heterocycles. The van der Waals surface area contributed by atoms with Gasteiger partial charge in [0.2, 0.25) is 11.2 Å². The Kier molecular flexibility index (Phi) is 3.05. The Morgan fingerprint density at radius 1 is 1.41 bits per heavy atom. The van der Waals surface area contributed by atoms with Crippen molar-refractivity contribution in [3.63, 3.8) is 0 Å². The lowest BCUT2D eigenvalue weighted by Crippen LogP contribution is -2.32. The van der Waals surface area contributed by atoms with Crippen molar-refractivity contribution in [1.29, 1.82) is 0 Å². The smallest absolute Gasteiger partial charge is 0.269 e. The van der Waals surface area contributed by atoms with Gasteiger partial charge in [-0.2, -0.15) is 0 Å². The maximum absolute atomic E-state index is 12.1. The van der Waals surface area contributed by atoms with Gasteiger partial charge in [-0.25, -0.2) is 22.7 Å². The molecule has 0 bridgehead atoms. The second-order valence-electron chi connectivity index (χ2n) is 3.93. The largest absolute Gasteiger partial charge is 0.274 e. The fourth-order valence-corrected chi connectivity index (χ4v) is 3.16. The Hall–Kier alpha value is -1.21. The molecule has 1 fully saturated rings. The molecule has 1 aliphatic rings. The molecule has 0 aliphatic carbocycles. The number of hydrogen-bond acceptors (Lipinski definition) is 5. The van der Waals surface area contributed by atoms with E-state index in [4.69, 9.17) is 11.6 Å². The molecule has 92 valence electrons. The number of sulfonamides is 1. The number of nitrogens with zero attached hydrogens (tertiary/aromatic N) is 3. The van der Waals surface area contributed by atoms with E-state index in [0.717, 1.165) is 16.7 Å². The number of hydrogen-bond donors (Lipinski definition) is 0. The summed E-state index contributed by atoms with van der Waals surface area (Å²) in [6, 6.07) is 0. The minimum Gasteiger partial charge on any atom is -0.274 e. The SMILES string of the molecule is CC1CC(=O)N(S(=O)(=O)c2cnc(Cl)nc2)C1. The lowest BCUT2D eigenvalue weighted by Gasteiger charge is -2.15. The first kappa shape index (κ1) is 12.3. The van der Waals surface area contributed by atoms with Crippen LogP contribution in [-0.2, 0) is 14.8 Å². The molecular weight excluding hydrogens is 266 g/mol. The van der Waals surface area contributed by atoms with E-state index in [9.17, 15) is 13.2 Å². The molecule has 0 spiro atoms. The van der Waals surface area contributed by atoms with E-state index < -0.39 is 15.9 Å². The van der Waals surface area contributed by atoms with E-state index in [1.54, 1.807) is 0 Å². The van der Waals surface area contributed by atoms with Crippen LogP contribution < -0.4 is 0 Å². The van der Waals surface area contributed by atoms with Crippen LogP contribution in [0.2, 0.25) is 5.28 Å². The minimum atomic E-state index is -3.84. The predicted molar refractivity (Wildman–Crippen MR) is 59.7 cm³/mol. The van der Waals surface area contributed by atoms with Crippen molar-refractivity contribution in [3.8, 4) is 0 Å². The molecule has 1 atom stereocenters. The highest BCUT2D eigenvalue weighted by Crippen LogP contribution is 2.24. The van der Waals surface area contributed by atoms with E-state index in [-0.39, 0.29) is 29.1 Å². The number of carbonyl (C=O) groups excluding carboxylic acids is 1. The van der Waals surface area contributed by atoms with E-state index in [0.29, 0.717) is 0 Å². The molecule has 0 aromatic carbocycles. The molecule has 2 heterocycles. The summed E-state index contributed by atoms with van der Waals surface area (Å²) in [7, 11) is -3.84. The number of rotatable bonds is 2. The maximum Gasteiger partial charge on any atom is 0.269 e. The summed E-state index contributed by atoms with van der Waals surface area (Å²) in [4.78, 5) is 18.6. The molecule has 8 heteroatoms. The highest BCUT2D eigenvalue weighted by atomic mass is 35.5. The molecule has 1 aliphatic heterocycles. The van der Waals surface area contributed by atoms with E-state index in [1.165, 1.54) is 0 Å². The van der Waals surface area contributed by atoms with E-state index in [2.05, 4.69) is 9.97 Å². The zero-order valence-corrected chi connectivity index (χ0v) is 10.6. The van der Waals surface area contributed by atoms with Crippen LogP contribution in [0.5, 0.6) is 0 Å². The molecule has 6 nitrogen and oxygen atoms in total. The molecule has 0 N–H and O–H groups in total. The number of aromatic nitrogens is 2. The van der Waals surface area contributed by atoms with Crippen LogP contribution in [0.15, 0.2) is 17.3 Å². The maximum atomic E-state index is 12.1. The standard InChI is InChI=1S/C9H10ClN3O3S/c1-6-2-8(14)13(5-6)17(15,16)7-3-11-9(10)12-4-7/h3-4,6H,2,5H2,1H3. The van der Waals surface area contributed by atoms with Crippen molar-refractivity contribution in [2.24, 2.45) is 5.92 Å². The van der Waals surface area contributed by atoms with Crippen LogP contribution in [0.4, 0.5) is 0 Å². The van der Waals surface area contributed by atoms with Gasteiger partial charge in [-0.1, -0.05) is 6.92 Å². The zero-order chi connectivity index (χ0) is 12.6. The summed E-state index contributed by atoms with van der Waals surface area (Å²) in [5.41, 5.74) is 0. The first-order valence-electron chi connectivity index (χ1n) is 4.94. The predicted octanol–water partition coefficient (Wildman–Crippen LogP) is 0.687. The van der Waals surface area contributed by atoms with Gasteiger partial charge >= 0.3 is 0 Å². The molecule has 1 aromatic rings. The van der Waals surface area contributed by atoms with E-state index in [1.807, 2.05) is 6.92 Å². The second-order valence-corrected chi connectivity index (χ2v) is 6.13. The first-order chi connectivity index (χ1) is 7.91. The highest BCUT2D eigenvalue weighted by molar-refractivity contribution is 7.89. The molecular formula is C9H10ClN3O3S. The normalized spacial score (nSPS) is 20.9. The molecule has 0 saturated carbocycles. The minimum absolute atomic E-state index is 0.0329.